The molecule has 0 radical (unpaired) electrons. The number of thioether (sulfide) groups is 1. The lowest BCUT2D eigenvalue weighted by atomic mass is 10.2. The molecule has 0 aliphatic heterocycles. The van der Waals surface area contributed by atoms with Crippen molar-refractivity contribution in [1.82, 2.24) is 0 Å². The van der Waals surface area contributed by atoms with Gasteiger partial charge >= 0.3 is 0 Å². The summed E-state index contributed by atoms with van der Waals surface area (Å²) in [7, 11) is -2.99. The predicted molar refractivity (Wildman–Crippen MR) is 77.1 cm³/mol. The molecule has 5 nitrogen and oxygen atoms in total. The first-order chi connectivity index (χ1) is 8.33. The standard InChI is InChI=1S/C10H13BrN2O3S2/c1-18(15,16)5-4-17-9-6-7(11)2-3-8(9)10(12)13-14/h2-3,6,14H,4-5H2,1H3,(H2,12,13). The van der Waals surface area contributed by atoms with Crippen molar-refractivity contribution in [2.75, 3.05) is 17.8 Å². The summed E-state index contributed by atoms with van der Waals surface area (Å²) in [6.45, 7) is 0. The SMILES string of the molecule is CS(=O)(=O)CCSc1cc(Br)ccc1/C(N)=N/O. The van der Waals surface area contributed by atoms with Crippen molar-refractivity contribution in [2.24, 2.45) is 10.9 Å². The average Bonchev–Trinajstić information content (AvgIpc) is 2.26. The Hall–Kier alpha value is -0.730. The van der Waals surface area contributed by atoms with E-state index in [0.717, 1.165) is 9.37 Å². The van der Waals surface area contributed by atoms with Gasteiger partial charge in [-0.2, -0.15) is 0 Å². The number of rotatable bonds is 5. The van der Waals surface area contributed by atoms with E-state index >= 15 is 0 Å². The number of benzene rings is 1. The maximum Gasteiger partial charge on any atom is 0.171 e. The molecule has 0 amide bonds. The van der Waals surface area contributed by atoms with E-state index in [4.69, 9.17) is 10.9 Å². The Morgan fingerprint density at radius 2 is 2.22 bits per heavy atom. The van der Waals surface area contributed by atoms with Crippen LogP contribution in [0.15, 0.2) is 32.7 Å². The van der Waals surface area contributed by atoms with Gasteiger partial charge in [0, 0.05) is 26.9 Å². The fraction of sp³-hybridized carbons (Fsp3) is 0.300. The molecule has 0 bridgehead atoms. The number of sulfone groups is 1. The number of amidine groups is 1. The highest BCUT2D eigenvalue weighted by Crippen LogP contribution is 2.26. The summed E-state index contributed by atoms with van der Waals surface area (Å²) < 4.78 is 23.0. The van der Waals surface area contributed by atoms with Gasteiger partial charge in [0.05, 0.1) is 5.75 Å². The molecule has 0 atom stereocenters. The Morgan fingerprint density at radius 3 is 2.78 bits per heavy atom. The molecular weight excluding hydrogens is 340 g/mol. The summed E-state index contributed by atoms with van der Waals surface area (Å²) in [6, 6.07) is 5.29. The van der Waals surface area contributed by atoms with Crippen LogP contribution in [0.1, 0.15) is 5.56 Å². The van der Waals surface area contributed by atoms with Gasteiger partial charge in [0.1, 0.15) is 9.84 Å². The highest BCUT2D eigenvalue weighted by Gasteiger charge is 2.10. The van der Waals surface area contributed by atoms with E-state index in [-0.39, 0.29) is 11.6 Å². The zero-order chi connectivity index (χ0) is 13.8. The topological polar surface area (TPSA) is 92.8 Å². The molecule has 0 heterocycles. The minimum absolute atomic E-state index is 0.00403. The van der Waals surface area contributed by atoms with E-state index in [1.165, 1.54) is 18.0 Å². The molecule has 0 saturated carbocycles. The van der Waals surface area contributed by atoms with Crippen LogP contribution in [0.3, 0.4) is 0 Å². The molecule has 0 aliphatic rings. The minimum Gasteiger partial charge on any atom is -0.409 e. The Bertz CT molecular complexity index is 558. The van der Waals surface area contributed by atoms with E-state index in [1.54, 1.807) is 18.2 Å². The first kappa shape index (κ1) is 15.3. The predicted octanol–water partition coefficient (Wildman–Crippen LogP) is 1.68. The second kappa shape index (κ2) is 6.44. The molecule has 8 heteroatoms. The van der Waals surface area contributed by atoms with Gasteiger partial charge in [-0.1, -0.05) is 21.1 Å². The minimum atomic E-state index is -2.99. The van der Waals surface area contributed by atoms with E-state index in [1.807, 2.05) is 0 Å². The molecular formula is C10H13BrN2O3S2. The zero-order valence-corrected chi connectivity index (χ0v) is 12.8. The molecule has 0 unspecified atom stereocenters. The summed E-state index contributed by atoms with van der Waals surface area (Å²) in [5.41, 5.74) is 6.14. The van der Waals surface area contributed by atoms with Gasteiger partial charge in [-0.3, -0.25) is 0 Å². The number of halogens is 1. The van der Waals surface area contributed by atoms with Gasteiger partial charge < -0.3 is 10.9 Å². The van der Waals surface area contributed by atoms with Crippen LogP contribution in [0.25, 0.3) is 0 Å². The third-order valence-electron chi connectivity index (χ3n) is 2.04. The van der Waals surface area contributed by atoms with Crippen molar-refractivity contribution >= 4 is 43.4 Å². The van der Waals surface area contributed by atoms with E-state index in [0.29, 0.717) is 11.3 Å². The van der Waals surface area contributed by atoms with Crippen molar-refractivity contribution in [1.29, 1.82) is 0 Å². The van der Waals surface area contributed by atoms with Crippen LogP contribution in [-0.2, 0) is 9.84 Å². The van der Waals surface area contributed by atoms with Crippen LogP contribution in [0, 0.1) is 0 Å². The van der Waals surface area contributed by atoms with Gasteiger partial charge in [-0.25, -0.2) is 8.42 Å². The monoisotopic (exact) mass is 352 g/mol. The molecule has 3 N–H and O–H groups in total. The molecule has 0 aromatic heterocycles. The third-order valence-corrected chi connectivity index (χ3v) is 4.79. The fourth-order valence-electron chi connectivity index (χ4n) is 1.18. The molecule has 1 rings (SSSR count). The molecule has 1 aromatic carbocycles. The van der Waals surface area contributed by atoms with Crippen LogP contribution in [0.5, 0.6) is 0 Å². The first-order valence-electron chi connectivity index (χ1n) is 4.91. The van der Waals surface area contributed by atoms with Crippen LogP contribution in [-0.4, -0.2) is 37.2 Å². The number of nitrogens with zero attached hydrogens (tertiary/aromatic N) is 1. The maximum atomic E-state index is 11.1. The molecule has 0 aliphatic carbocycles. The van der Waals surface area contributed by atoms with E-state index in [2.05, 4.69) is 21.1 Å². The smallest absolute Gasteiger partial charge is 0.171 e. The summed E-state index contributed by atoms with van der Waals surface area (Å²) in [6.07, 6.45) is 1.19. The number of nitrogens with two attached hydrogens (primary N) is 1. The lowest BCUT2D eigenvalue weighted by Crippen LogP contribution is -2.14. The van der Waals surface area contributed by atoms with Crippen molar-refractivity contribution in [3.05, 3.63) is 28.2 Å². The highest BCUT2D eigenvalue weighted by atomic mass is 79.9. The zero-order valence-electron chi connectivity index (χ0n) is 9.63. The fourth-order valence-corrected chi connectivity index (χ4v) is 4.00. The molecule has 0 fully saturated rings. The lowest BCUT2D eigenvalue weighted by molar-refractivity contribution is 0.318. The number of hydrogen-bond donors (Lipinski definition) is 2. The second-order valence-electron chi connectivity index (χ2n) is 3.60. The van der Waals surface area contributed by atoms with Crippen molar-refractivity contribution < 1.29 is 13.6 Å². The quantitative estimate of drug-likeness (QED) is 0.276. The lowest BCUT2D eigenvalue weighted by Gasteiger charge is -2.08. The van der Waals surface area contributed by atoms with Crippen molar-refractivity contribution in [3.8, 4) is 0 Å². The van der Waals surface area contributed by atoms with E-state index < -0.39 is 9.84 Å². The second-order valence-corrected chi connectivity index (χ2v) is 7.92. The average molecular weight is 353 g/mol. The van der Waals surface area contributed by atoms with Crippen LogP contribution in [0.2, 0.25) is 0 Å². The normalized spacial score (nSPS) is 12.7. The Labute approximate surface area is 118 Å². The van der Waals surface area contributed by atoms with Gasteiger partial charge in [0.2, 0.25) is 0 Å². The third kappa shape index (κ3) is 4.87. The van der Waals surface area contributed by atoms with Crippen LogP contribution in [0.4, 0.5) is 0 Å². The summed E-state index contributed by atoms with van der Waals surface area (Å²) in [5.74, 6) is 0.505. The Kier molecular flexibility index (Phi) is 5.48. The van der Waals surface area contributed by atoms with Crippen LogP contribution >= 0.6 is 27.7 Å². The summed E-state index contributed by atoms with van der Waals surface area (Å²) >= 11 is 4.67. The summed E-state index contributed by atoms with van der Waals surface area (Å²) in [4.78, 5) is 0.767. The Morgan fingerprint density at radius 1 is 1.56 bits per heavy atom. The van der Waals surface area contributed by atoms with Crippen molar-refractivity contribution in [2.45, 2.75) is 4.90 Å². The molecule has 0 saturated heterocycles. The molecule has 0 spiro atoms. The van der Waals surface area contributed by atoms with Crippen LogP contribution < -0.4 is 5.73 Å². The highest BCUT2D eigenvalue weighted by molar-refractivity contribution is 9.10. The van der Waals surface area contributed by atoms with Gasteiger partial charge in [-0.05, 0) is 18.2 Å². The number of oxime groups is 1. The van der Waals surface area contributed by atoms with Crippen molar-refractivity contribution in [3.63, 3.8) is 0 Å². The first-order valence-corrected chi connectivity index (χ1v) is 8.75. The Balaban J connectivity index is 2.90. The van der Waals surface area contributed by atoms with Gasteiger partial charge in [0.25, 0.3) is 0 Å². The van der Waals surface area contributed by atoms with E-state index in [9.17, 15) is 8.42 Å². The maximum absolute atomic E-state index is 11.1. The molecule has 18 heavy (non-hydrogen) atoms. The number of hydrogen-bond acceptors (Lipinski definition) is 5. The summed E-state index contributed by atoms with van der Waals surface area (Å²) in [5, 5.41) is 11.6. The molecule has 100 valence electrons. The van der Waals surface area contributed by atoms with Gasteiger partial charge in [0.15, 0.2) is 5.84 Å². The van der Waals surface area contributed by atoms with Gasteiger partial charge in [-0.15, -0.1) is 11.8 Å². The molecule has 1 aromatic rings. The largest absolute Gasteiger partial charge is 0.409 e.